The van der Waals surface area contributed by atoms with Crippen molar-refractivity contribution in [3.05, 3.63) is 66.0 Å². The minimum Gasteiger partial charge on any atom is -0.338 e. The number of thioether (sulfide) groups is 1. The number of nitrogens with two attached hydrogens (primary N) is 1. The Balaban J connectivity index is 1.86. The lowest BCUT2D eigenvalue weighted by Gasteiger charge is -2.27. The lowest BCUT2D eigenvalue weighted by molar-refractivity contribution is -0.131. The topological polar surface area (TPSA) is 46.3 Å². The number of hydrogen-bond donors (Lipinski definition) is 1. The molecule has 5 heteroatoms. The molecule has 0 radical (unpaired) electrons. The molecule has 0 bridgehead atoms. The minimum absolute atomic E-state index is 0.101. The first-order chi connectivity index (χ1) is 12.1. The number of rotatable bonds is 5. The van der Waals surface area contributed by atoms with Gasteiger partial charge in [0.2, 0.25) is 5.91 Å². The highest BCUT2D eigenvalue weighted by molar-refractivity contribution is 8.00. The van der Waals surface area contributed by atoms with Crippen molar-refractivity contribution >= 4 is 17.7 Å². The molecule has 1 heterocycles. The summed E-state index contributed by atoms with van der Waals surface area (Å²) in [6.07, 6.45) is 0.949. The van der Waals surface area contributed by atoms with Gasteiger partial charge in [0.15, 0.2) is 0 Å². The minimum atomic E-state index is -0.342. The first-order valence-corrected chi connectivity index (χ1v) is 9.44. The summed E-state index contributed by atoms with van der Waals surface area (Å²) in [6.45, 7) is 3.40. The SMILES string of the molecule is CC1CC(CN)CN1C(=O)C(Sc1ccc(F)cc1)c1ccccc1. The normalized spacial score (nSPS) is 21.3. The van der Waals surface area contributed by atoms with Crippen LogP contribution in [0.15, 0.2) is 59.5 Å². The molecule has 2 N–H and O–H groups in total. The maximum atomic E-state index is 13.3. The van der Waals surface area contributed by atoms with Gasteiger partial charge in [0, 0.05) is 17.5 Å². The number of likely N-dealkylation sites (tertiary alicyclic amines) is 1. The van der Waals surface area contributed by atoms with Crippen LogP contribution in [0.4, 0.5) is 4.39 Å². The van der Waals surface area contributed by atoms with Gasteiger partial charge in [0.1, 0.15) is 11.1 Å². The Hall–Kier alpha value is -1.85. The number of hydrogen-bond acceptors (Lipinski definition) is 3. The molecule has 2 aromatic carbocycles. The Morgan fingerprint density at radius 2 is 1.92 bits per heavy atom. The van der Waals surface area contributed by atoms with Crippen molar-refractivity contribution in [3.63, 3.8) is 0 Å². The Morgan fingerprint density at radius 3 is 2.52 bits per heavy atom. The zero-order valence-electron chi connectivity index (χ0n) is 14.3. The molecule has 132 valence electrons. The maximum Gasteiger partial charge on any atom is 0.240 e. The Labute approximate surface area is 152 Å². The van der Waals surface area contributed by atoms with Crippen molar-refractivity contribution in [2.24, 2.45) is 11.7 Å². The zero-order valence-corrected chi connectivity index (χ0v) is 15.1. The van der Waals surface area contributed by atoms with Gasteiger partial charge in [-0.15, -0.1) is 11.8 Å². The van der Waals surface area contributed by atoms with E-state index in [0.717, 1.165) is 16.9 Å². The van der Waals surface area contributed by atoms with Gasteiger partial charge >= 0.3 is 0 Å². The number of nitrogens with zero attached hydrogens (tertiary/aromatic N) is 1. The third kappa shape index (κ3) is 4.22. The van der Waals surface area contributed by atoms with Crippen LogP contribution < -0.4 is 5.73 Å². The Bertz CT molecular complexity index is 707. The molecule has 0 aliphatic carbocycles. The highest BCUT2D eigenvalue weighted by atomic mass is 32.2. The van der Waals surface area contributed by atoms with Gasteiger partial charge in [-0.2, -0.15) is 0 Å². The third-order valence-corrected chi connectivity index (χ3v) is 5.93. The summed E-state index contributed by atoms with van der Waals surface area (Å²) in [5, 5.41) is -0.342. The number of carbonyl (C=O) groups is 1. The van der Waals surface area contributed by atoms with Crippen molar-refractivity contribution in [2.45, 2.75) is 29.5 Å². The van der Waals surface area contributed by atoms with E-state index in [2.05, 4.69) is 6.92 Å². The monoisotopic (exact) mass is 358 g/mol. The van der Waals surface area contributed by atoms with Crippen LogP contribution in [-0.2, 0) is 4.79 Å². The van der Waals surface area contributed by atoms with Crippen LogP contribution in [0.1, 0.15) is 24.2 Å². The predicted molar refractivity (Wildman–Crippen MR) is 99.8 cm³/mol. The van der Waals surface area contributed by atoms with Crippen molar-refractivity contribution in [1.29, 1.82) is 0 Å². The summed E-state index contributed by atoms with van der Waals surface area (Å²) in [7, 11) is 0. The van der Waals surface area contributed by atoms with E-state index in [9.17, 15) is 9.18 Å². The number of halogens is 1. The van der Waals surface area contributed by atoms with Gasteiger partial charge < -0.3 is 10.6 Å². The van der Waals surface area contributed by atoms with E-state index in [1.807, 2.05) is 35.2 Å². The van der Waals surface area contributed by atoms with Crippen molar-refractivity contribution in [2.75, 3.05) is 13.1 Å². The maximum absolute atomic E-state index is 13.3. The lowest BCUT2D eigenvalue weighted by Crippen LogP contribution is -2.37. The van der Waals surface area contributed by atoms with Crippen LogP contribution in [0.25, 0.3) is 0 Å². The van der Waals surface area contributed by atoms with Gasteiger partial charge in [-0.1, -0.05) is 30.3 Å². The van der Waals surface area contributed by atoms with E-state index in [4.69, 9.17) is 5.73 Å². The number of benzene rings is 2. The van der Waals surface area contributed by atoms with Gasteiger partial charge in [-0.05, 0) is 55.6 Å². The molecule has 0 aromatic heterocycles. The van der Waals surface area contributed by atoms with Gasteiger partial charge in [-0.3, -0.25) is 4.79 Å². The molecule has 1 aliphatic rings. The Morgan fingerprint density at radius 1 is 1.24 bits per heavy atom. The molecule has 2 aromatic rings. The predicted octanol–water partition coefficient (Wildman–Crippen LogP) is 3.85. The quantitative estimate of drug-likeness (QED) is 0.826. The highest BCUT2D eigenvalue weighted by Crippen LogP contribution is 2.38. The summed E-state index contributed by atoms with van der Waals surface area (Å²) < 4.78 is 13.2. The summed E-state index contributed by atoms with van der Waals surface area (Å²) in [6, 6.07) is 16.3. The van der Waals surface area contributed by atoms with Crippen molar-refractivity contribution in [3.8, 4) is 0 Å². The van der Waals surface area contributed by atoms with Crippen molar-refractivity contribution in [1.82, 2.24) is 4.90 Å². The molecule has 3 nitrogen and oxygen atoms in total. The molecule has 1 aliphatic heterocycles. The van der Waals surface area contributed by atoms with Gasteiger partial charge in [0.05, 0.1) is 0 Å². The molecule has 0 spiro atoms. The molecule has 3 rings (SSSR count). The fraction of sp³-hybridized carbons (Fsp3) is 0.350. The average molecular weight is 358 g/mol. The van der Waals surface area contributed by atoms with Gasteiger partial charge in [0.25, 0.3) is 0 Å². The van der Waals surface area contributed by atoms with Crippen LogP contribution in [0.5, 0.6) is 0 Å². The Kier molecular flexibility index (Phi) is 5.76. The highest BCUT2D eigenvalue weighted by Gasteiger charge is 2.36. The van der Waals surface area contributed by atoms with E-state index in [1.165, 1.54) is 23.9 Å². The van der Waals surface area contributed by atoms with E-state index >= 15 is 0 Å². The molecule has 3 atom stereocenters. The van der Waals surface area contributed by atoms with E-state index in [-0.39, 0.29) is 23.0 Å². The number of amides is 1. The second-order valence-electron chi connectivity index (χ2n) is 6.54. The molecular weight excluding hydrogens is 335 g/mol. The largest absolute Gasteiger partial charge is 0.338 e. The summed E-state index contributed by atoms with van der Waals surface area (Å²) in [5.74, 6) is 0.195. The smallest absolute Gasteiger partial charge is 0.240 e. The van der Waals surface area contributed by atoms with E-state index < -0.39 is 0 Å². The fourth-order valence-corrected chi connectivity index (χ4v) is 4.40. The summed E-state index contributed by atoms with van der Waals surface area (Å²) in [4.78, 5) is 16.1. The van der Waals surface area contributed by atoms with Crippen LogP contribution in [0.3, 0.4) is 0 Å². The standard InChI is InChI=1S/C20H23FN2OS/c1-14-11-15(12-22)13-23(14)20(24)19(16-5-3-2-4-6-16)25-18-9-7-17(21)8-10-18/h2-10,14-15,19H,11-13,22H2,1H3. The lowest BCUT2D eigenvalue weighted by atomic mass is 10.1. The first-order valence-electron chi connectivity index (χ1n) is 8.56. The molecule has 25 heavy (non-hydrogen) atoms. The number of carbonyl (C=O) groups excluding carboxylic acids is 1. The fourth-order valence-electron chi connectivity index (χ4n) is 3.31. The van der Waals surface area contributed by atoms with Crippen LogP contribution in [-0.4, -0.2) is 29.9 Å². The zero-order chi connectivity index (χ0) is 17.8. The average Bonchev–Trinajstić information content (AvgIpc) is 3.02. The van der Waals surface area contributed by atoms with Crippen LogP contribution in [0.2, 0.25) is 0 Å². The molecule has 1 saturated heterocycles. The summed E-state index contributed by atoms with van der Waals surface area (Å²) >= 11 is 1.47. The molecule has 1 fully saturated rings. The van der Waals surface area contributed by atoms with E-state index in [0.29, 0.717) is 19.0 Å². The van der Waals surface area contributed by atoms with Crippen LogP contribution >= 0.6 is 11.8 Å². The second kappa shape index (κ2) is 8.02. The third-order valence-electron chi connectivity index (χ3n) is 4.67. The van der Waals surface area contributed by atoms with E-state index in [1.54, 1.807) is 12.1 Å². The van der Waals surface area contributed by atoms with Crippen LogP contribution in [0, 0.1) is 11.7 Å². The molecule has 0 saturated carbocycles. The summed E-state index contributed by atoms with van der Waals surface area (Å²) in [5.41, 5.74) is 6.77. The molecule has 3 unspecified atom stereocenters. The second-order valence-corrected chi connectivity index (χ2v) is 7.72. The molecular formula is C20H23FN2OS. The molecule has 1 amide bonds. The van der Waals surface area contributed by atoms with Gasteiger partial charge in [-0.25, -0.2) is 4.39 Å². The van der Waals surface area contributed by atoms with Crippen molar-refractivity contribution < 1.29 is 9.18 Å². The first kappa shape index (κ1) is 18.0.